The van der Waals surface area contributed by atoms with Crippen molar-refractivity contribution >= 4 is 21.6 Å². The summed E-state index contributed by atoms with van der Waals surface area (Å²) in [6.45, 7) is 0.700. The molecule has 2 unspecified atom stereocenters. The van der Waals surface area contributed by atoms with Gasteiger partial charge in [0.05, 0.1) is 46.3 Å². The topological polar surface area (TPSA) is 93.0 Å². The van der Waals surface area contributed by atoms with E-state index in [1.807, 2.05) is 0 Å². The first kappa shape index (κ1) is 11.5. The Labute approximate surface area is 93.2 Å². The standard InChI is InChI=1S/C9H13NO5S/c11-8(6-5-7(6)9(12)13)10-16(14)3-1-15-2-4-16/h6-7H,1-5H2,(H,12,13). The minimum atomic E-state index is -2.49. The minimum absolute atomic E-state index is 0.267. The van der Waals surface area contributed by atoms with Gasteiger partial charge in [0, 0.05) is 0 Å². The monoisotopic (exact) mass is 247 g/mol. The predicted molar refractivity (Wildman–Crippen MR) is 55.4 cm³/mol. The van der Waals surface area contributed by atoms with Gasteiger partial charge in [-0.3, -0.25) is 9.59 Å². The van der Waals surface area contributed by atoms with Gasteiger partial charge in [-0.25, -0.2) is 4.21 Å². The molecule has 0 aromatic rings. The molecule has 1 saturated heterocycles. The highest BCUT2D eigenvalue weighted by Crippen LogP contribution is 2.39. The molecule has 2 rings (SSSR count). The van der Waals surface area contributed by atoms with Crippen LogP contribution in [0.2, 0.25) is 0 Å². The summed E-state index contributed by atoms with van der Waals surface area (Å²) >= 11 is 0. The predicted octanol–water partition coefficient (Wildman–Crippen LogP) is -0.268. The van der Waals surface area contributed by atoms with Gasteiger partial charge < -0.3 is 9.84 Å². The van der Waals surface area contributed by atoms with Gasteiger partial charge in [0.2, 0.25) is 0 Å². The van der Waals surface area contributed by atoms with Crippen LogP contribution in [0.4, 0.5) is 0 Å². The first-order chi connectivity index (χ1) is 7.52. The molecule has 2 atom stereocenters. The molecule has 0 aromatic heterocycles. The highest BCUT2D eigenvalue weighted by atomic mass is 32.2. The first-order valence-electron chi connectivity index (χ1n) is 5.09. The van der Waals surface area contributed by atoms with E-state index in [9.17, 15) is 13.8 Å². The maximum absolute atomic E-state index is 12.0. The van der Waals surface area contributed by atoms with Gasteiger partial charge in [-0.1, -0.05) is 0 Å². The van der Waals surface area contributed by atoms with E-state index in [4.69, 9.17) is 9.84 Å². The van der Waals surface area contributed by atoms with Crippen LogP contribution >= 0.6 is 0 Å². The van der Waals surface area contributed by atoms with E-state index in [2.05, 4.69) is 4.36 Å². The van der Waals surface area contributed by atoms with Crippen molar-refractivity contribution in [1.29, 1.82) is 0 Å². The van der Waals surface area contributed by atoms with Crippen molar-refractivity contribution in [3.8, 4) is 0 Å². The molecule has 2 fully saturated rings. The van der Waals surface area contributed by atoms with E-state index in [1.165, 1.54) is 0 Å². The summed E-state index contributed by atoms with van der Waals surface area (Å²) in [5.74, 6) is -2.14. The maximum Gasteiger partial charge on any atom is 0.307 e. The Morgan fingerprint density at radius 3 is 2.38 bits per heavy atom. The van der Waals surface area contributed by atoms with Gasteiger partial charge in [0.15, 0.2) is 0 Å². The van der Waals surface area contributed by atoms with E-state index in [0.29, 0.717) is 19.6 Å². The van der Waals surface area contributed by atoms with E-state index >= 15 is 0 Å². The van der Waals surface area contributed by atoms with Crippen molar-refractivity contribution in [3.05, 3.63) is 0 Å². The Kier molecular flexibility index (Phi) is 2.98. The van der Waals surface area contributed by atoms with Crippen LogP contribution in [0.15, 0.2) is 4.36 Å². The molecule has 0 aromatic carbocycles. The molecule has 7 heteroatoms. The molecule has 1 amide bonds. The molecule has 1 aliphatic heterocycles. The molecule has 6 nitrogen and oxygen atoms in total. The van der Waals surface area contributed by atoms with Crippen molar-refractivity contribution in [2.45, 2.75) is 6.42 Å². The van der Waals surface area contributed by atoms with Gasteiger partial charge in [0.1, 0.15) is 0 Å². The lowest BCUT2D eigenvalue weighted by Crippen LogP contribution is -2.26. The first-order valence-corrected chi connectivity index (χ1v) is 6.94. The number of hydrogen-bond acceptors (Lipinski definition) is 4. The minimum Gasteiger partial charge on any atom is -0.481 e. The molecular formula is C9H13NO5S. The van der Waals surface area contributed by atoms with Crippen molar-refractivity contribution in [2.24, 2.45) is 16.2 Å². The van der Waals surface area contributed by atoms with Gasteiger partial charge in [-0.05, 0) is 6.42 Å². The second kappa shape index (κ2) is 4.14. The Morgan fingerprint density at radius 2 is 1.88 bits per heavy atom. The molecule has 0 spiro atoms. The third-order valence-corrected chi connectivity index (χ3v) is 4.90. The fourth-order valence-corrected chi connectivity index (χ4v) is 3.25. The number of hydrogen-bond donors (Lipinski definition) is 1. The highest BCUT2D eigenvalue weighted by molar-refractivity contribution is 7.93. The summed E-state index contributed by atoms with van der Waals surface area (Å²) < 4.78 is 20.8. The van der Waals surface area contributed by atoms with Crippen molar-refractivity contribution in [2.75, 3.05) is 24.7 Å². The summed E-state index contributed by atoms with van der Waals surface area (Å²) in [4.78, 5) is 22.1. The number of aliphatic carboxylic acids is 1. The van der Waals surface area contributed by atoms with Crippen molar-refractivity contribution in [1.82, 2.24) is 0 Å². The summed E-state index contributed by atoms with van der Waals surface area (Å²) in [7, 11) is -2.49. The van der Waals surface area contributed by atoms with Gasteiger partial charge in [-0.2, -0.15) is 4.36 Å². The molecule has 2 aliphatic rings. The number of rotatable bonds is 2. The lowest BCUT2D eigenvalue weighted by atomic mass is 10.3. The summed E-state index contributed by atoms with van der Waals surface area (Å²) in [5.41, 5.74) is 0. The zero-order chi connectivity index (χ0) is 11.8. The van der Waals surface area contributed by atoms with E-state index in [-0.39, 0.29) is 11.5 Å². The average molecular weight is 247 g/mol. The Balaban J connectivity index is 2.04. The maximum atomic E-state index is 12.0. The second-order valence-corrected chi connectivity index (χ2v) is 6.55. The SMILES string of the molecule is O=C(O)C1CC1C(=O)N=S1(=O)CCOCC1. The number of amides is 1. The van der Waals surface area contributed by atoms with Crippen LogP contribution in [0.1, 0.15) is 6.42 Å². The quantitative estimate of drug-likeness (QED) is 0.725. The average Bonchev–Trinajstić information content (AvgIpc) is 2.97. The van der Waals surface area contributed by atoms with E-state index in [0.717, 1.165) is 0 Å². The smallest absolute Gasteiger partial charge is 0.307 e. The highest BCUT2D eigenvalue weighted by Gasteiger charge is 2.48. The van der Waals surface area contributed by atoms with E-state index in [1.54, 1.807) is 0 Å². The molecule has 1 saturated carbocycles. The lowest BCUT2D eigenvalue weighted by Gasteiger charge is -2.15. The number of nitrogens with zero attached hydrogens (tertiary/aromatic N) is 1. The van der Waals surface area contributed by atoms with Crippen molar-refractivity contribution in [3.63, 3.8) is 0 Å². The zero-order valence-corrected chi connectivity index (χ0v) is 9.44. The van der Waals surface area contributed by atoms with Crippen LogP contribution in [0.25, 0.3) is 0 Å². The van der Waals surface area contributed by atoms with Gasteiger partial charge in [0.25, 0.3) is 5.91 Å². The third-order valence-electron chi connectivity index (χ3n) is 2.77. The molecule has 16 heavy (non-hydrogen) atoms. The van der Waals surface area contributed by atoms with Crippen LogP contribution in [0.5, 0.6) is 0 Å². The van der Waals surface area contributed by atoms with Crippen LogP contribution in [-0.4, -0.2) is 45.9 Å². The normalized spacial score (nSPS) is 31.8. The van der Waals surface area contributed by atoms with Crippen LogP contribution in [-0.2, 0) is 24.1 Å². The molecule has 1 heterocycles. The van der Waals surface area contributed by atoms with Crippen LogP contribution in [0.3, 0.4) is 0 Å². The third kappa shape index (κ3) is 2.41. The number of carboxylic acid groups (broad SMARTS) is 1. The second-order valence-electron chi connectivity index (χ2n) is 4.01. The lowest BCUT2D eigenvalue weighted by molar-refractivity contribution is -0.139. The Morgan fingerprint density at radius 1 is 1.25 bits per heavy atom. The molecule has 0 radical (unpaired) electrons. The number of carbonyl (C=O) groups is 2. The molecule has 90 valence electrons. The largest absolute Gasteiger partial charge is 0.481 e. The van der Waals surface area contributed by atoms with Crippen LogP contribution in [0, 0.1) is 11.8 Å². The Bertz CT molecular complexity index is 425. The molecule has 0 bridgehead atoms. The molecular weight excluding hydrogens is 234 g/mol. The van der Waals surface area contributed by atoms with Gasteiger partial charge >= 0.3 is 5.97 Å². The zero-order valence-electron chi connectivity index (χ0n) is 8.63. The fourth-order valence-electron chi connectivity index (χ4n) is 1.65. The summed E-state index contributed by atoms with van der Waals surface area (Å²) in [5, 5.41) is 8.66. The number of carboxylic acids is 1. The number of ether oxygens (including phenoxy) is 1. The van der Waals surface area contributed by atoms with Crippen LogP contribution < -0.4 is 0 Å². The van der Waals surface area contributed by atoms with E-state index < -0.39 is 33.4 Å². The molecule has 1 aliphatic carbocycles. The summed E-state index contributed by atoms with van der Waals surface area (Å²) in [6, 6.07) is 0. The summed E-state index contributed by atoms with van der Waals surface area (Å²) in [6.07, 6.45) is 0.323. The van der Waals surface area contributed by atoms with Crippen molar-refractivity contribution < 1.29 is 23.6 Å². The van der Waals surface area contributed by atoms with Gasteiger partial charge in [-0.15, -0.1) is 0 Å². The number of carbonyl (C=O) groups excluding carboxylic acids is 1. The Hall–Kier alpha value is -0.950. The fraction of sp³-hybridized carbons (Fsp3) is 0.778. The molecule has 1 N–H and O–H groups in total.